The van der Waals surface area contributed by atoms with E-state index < -0.39 is 5.60 Å². The number of pyridine rings is 1. The standard InChI is InChI=1S/C18H23N3O2S/c1-18(2,3)23-17(22)21-10-5-4-8-15(21)16-20-14(12-24-16)13-7-6-9-19-11-13/h6-7,9,11-12,15H,4-5,8,10H2,1-3H3. The summed E-state index contributed by atoms with van der Waals surface area (Å²) in [6.07, 6.45) is 6.36. The maximum Gasteiger partial charge on any atom is 0.410 e. The summed E-state index contributed by atoms with van der Waals surface area (Å²) in [5, 5.41) is 3.01. The number of amides is 1. The summed E-state index contributed by atoms with van der Waals surface area (Å²) in [7, 11) is 0. The Morgan fingerprint density at radius 3 is 2.92 bits per heavy atom. The van der Waals surface area contributed by atoms with Crippen molar-refractivity contribution in [2.24, 2.45) is 0 Å². The molecule has 0 radical (unpaired) electrons. The van der Waals surface area contributed by atoms with E-state index >= 15 is 0 Å². The van der Waals surface area contributed by atoms with Crippen molar-refractivity contribution in [2.45, 2.75) is 51.7 Å². The largest absolute Gasteiger partial charge is 0.444 e. The van der Waals surface area contributed by atoms with Crippen molar-refractivity contribution in [1.82, 2.24) is 14.9 Å². The average Bonchev–Trinajstić information content (AvgIpc) is 3.04. The van der Waals surface area contributed by atoms with E-state index in [0.29, 0.717) is 0 Å². The van der Waals surface area contributed by atoms with Crippen molar-refractivity contribution in [2.75, 3.05) is 6.54 Å². The molecule has 0 aliphatic carbocycles. The van der Waals surface area contributed by atoms with Gasteiger partial charge in [-0.15, -0.1) is 11.3 Å². The molecule has 24 heavy (non-hydrogen) atoms. The lowest BCUT2D eigenvalue weighted by Crippen LogP contribution is -2.41. The Morgan fingerprint density at radius 1 is 1.38 bits per heavy atom. The van der Waals surface area contributed by atoms with Gasteiger partial charge in [-0.25, -0.2) is 9.78 Å². The Hall–Kier alpha value is -1.95. The fourth-order valence-corrected chi connectivity index (χ4v) is 3.79. The smallest absolute Gasteiger partial charge is 0.410 e. The first-order valence-corrected chi connectivity index (χ1v) is 9.17. The maximum atomic E-state index is 12.5. The van der Waals surface area contributed by atoms with E-state index in [9.17, 15) is 4.79 Å². The average molecular weight is 345 g/mol. The van der Waals surface area contributed by atoms with Crippen molar-refractivity contribution < 1.29 is 9.53 Å². The Kier molecular flexibility index (Phi) is 4.85. The van der Waals surface area contributed by atoms with Gasteiger partial charge >= 0.3 is 6.09 Å². The van der Waals surface area contributed by atoms with Crippen molar-refractivity contribution in [3.63, 3.8) is 0 Å². The number of ether oxygens (including phenoxy) is 1. The SMILES string of the molecule is CC(C)(C)OC(=O)N1CCCCC1c1nc(-c2cccnc2)cs1. The van der Waals surface area contributed by atoms with Gasteiger partial charge in [0.15, 0.2) is 0 Å². The van der Waals surface area contributed by atoms with Gasteiger partial charge in [0, 0.05) is 29.9 Å². The zero-order valence-corrected chi connectivity index (χ0v) is 15.2. The van der Waals surface area contributed by atoms with Gasteiger partial charge in [-0.2, -0.15) is 0 Å². The van der Waals surface area contributed by atoms with Gasteiger partial charge in [0.2, 0.25) is 0 Å². The maximum absolute atomic E-state index is 12.5. The molecule has 3 rings (SSSR count). The van der Waals surface area contributed by atoms with Crippen LogP contribution in [0.15, 0.2) is 29.9 Å². The molecular weight excluding hydrogens is 322 g/mol. The van der Waals surface area contributed by atoms with Gasteiger partial charge in [0.1, 0.15) is 10.6 Å². The Morgan fingerprint density at radius 2 is 2.21 bits per heavy atom. The second-order valence-electron chi connectivity index (χ2n) is 7.00. The van der Waals surface area contributed by atoms with Crippen LogP contribution in [0.5, 0.6) is 0 Å². The highest BCUT2D eigenvalue weighted by atomic mass is 32.1. The lowest BCUT2D eigenvalue weighted by molar-refractivity contribution is 0.00950. The van der Waals surface area contributed by atoms with Crippen LogP contribution in [0.3, 0.4) is 0 Å². The topological polar surface area (TPSA) is 55.3 Å². The molecule has 2 aromatic rings. The van der Waals surface area contributed by atoms with E-state index in [4.69, 9.17) is 9.72 Å². The summed E-state index contributed by atoms with van der Waals surface area (Å²) in [6, 6.07) is 3.91. The van der Waals surface area contributed by atoms with Gasteiger partial charge in [-0.3, -0.25) is 9.88 Å². The van der Waals surface area contributed by atoms with Crippen LogP contribution in [0.25, 0.3) is 11.3 Å². The molecule has 1 aliphatic heterocycles. The minimum absolute atomic E-state index is 0.00372. The predicted octanol–water partition coefficient (Wildman–Crippen LogP) is 4.67. The minimum Gasteiger partial charge on any atom is -0.444 e. The summed E-state index contributed by atoms with van der Waals surface area (Å²) in [5.41, 5.74) is 1.43. The van der Waals surface area contributed by atoms with E-state index in [0.717, 1.165) is 42.1 Å². The number of hydrogen-bond donors (Lipinski definition) is 0. The molecule has 6 heteroatoms. The number of likely N-dealkylation sites (tertiary alicyclic amines) is 1. The highest BCUT2D eigenvalue weighted by molar-refractivity contribution is 7.10. The van der Waals surface area contributed by atoms with Crippen LogP contribution in [0, 0.1) is 0 Å². The third-order valence-corrected chi connectivity index (χ3v) is 4.84. The minimum atomic E-state index is -0.483. The molecule has 1 fully saturated rings. The molecule has 3 heterocycles. The normalized spacial score (nSPS) is 18.5. The first-order chi connectivity index (χ1) is 11.4. The molecule has 1 atom stereocenters. The number of nitrogens with zero attached hydrogens (tertiary/aromatic N) is 3. The van der Waals surface area contributed by atoms with Crippen molar-refractivity contribution in [3.8, 4) is 11.3 Å². The van der Waals surface area contributed by atoms with Crippen molar-refractivity contribution in [1.29, 1.82) is 0 Å². The molecule has 1 saturated heterocycles. The van der Waals surface area contributed by atoms with Gasteiger partial charge in [0.05, 0.1) is 11.7 Å². The van der Waals surface area contributed by atoms with E-state index in [1.54, 1.807) is 17.5 Å². The molecule has 0 aromatic carbocycles. The van der Waals surface area contributed by atoms with Crippen LogP contribution < -0.4 is 0 Å². The second-order valence-corrected chi connectivity index (χ2v) is 7.89. The molecular formula is C18H23N3O2S. The zero-order chi connectivity index (χ0) is 17.2. The fraction of sp³-hybridized carbons (Fsp3) is 0.500. The third-order valence-electron chi connectivity index (χ3n) is 3.90. The molecule has 1 amide bonds. The summed E-state index contributed by atoms with van der Waals surface area (Å²) in [6.45, 7) is 6.41. The number of hydrogen-bond acceptors (Lipinski definition) is 5. The molecule has 2 aromatic heterocycles. The molecule has 0 N–H and O–H groups in total. The number of piperidine rings is 1. The van der Waals surface area contributed by atoms with E-state index in [2.05, 4.69) is 4.98 Å². The molecule has 5 nitrogen and oxygen atoms in total. The predicted molar refractivity (Wildman–Crippen MR) is 94.9 cm³/mol. The fourth-order valence-electron chi connectivity index (χ4n) is 2.81. The van der Waals surface area contributed by atoms with Crippen molar-refractivity contribution >= 4 is 17.4 Å². The van der Waals surface area contributed by atoms with E-state index in [-0.39, 0.29) is 12.1 Å². The van der Waals surface area contributed by atoms with Crippen LogP contribution in [0.2, 0.25) is 0 Å². The third kappa shape index (κ3) is 3.93. The highest BCUT2D eigenvalue weighted by Crippen LogP contribution is 2.35. The molecule has 0 saturated carbocycles. The van der Waals surface area contributed by atoms with Crippen LogP contribution in [-0.4, -0.2) is 33.1 Å². The number of carbonyl (C=O) groups excluding carboxylic acids is 1. The number of aromatic nitrogens is 2. The lowest BCUT2D eigenvalue weighted by Gasteiger charge is -2.35. The second kappa shape index (κ2) is 6.89. The van der Waals surface area contributed by atoms with Crippen molar-refractivity contribution in [3.05, 3.63) is 34.9 Å². The molecule has 0 bridgehead atoms. The van der Waals surface area contributed by atoms with Crippen LogP contribution in [0.1, 0.15) is 51.1 Å². The van der Waals surface area contributed by atoms with Gasteiger partial charge < -0.3 is 4.74 Å². The van der Waals surface area contributed by atoms with E-state index in [1.807, 2.05) is 49.4 Å². The number of carbonyl (C=O) groups is 1. The quantitative estimate of drug-likeness (QED) is 0.794. The summed E-state index contributed by atoms with van der Waals surface area (Å²) >= 11 is 1.60. The van der Waals surface area contributed by atoms with Crippen LogP contribution >= 0.6 is 11.3 Å². The van der Waals surface area contributed by atoms with Gasteiger partial charge in [-0.1, -0.05) is 0 Å². The first-order valence-electron chi connectivity index (χ1n) is 8.29. The zero-order valence-electron chi connectivity index (χ0n) is 14.4. The first kappa shape index (κ1) is 16.9. The summed E-state index contributed by atoms with van der Waals surface area (Å²) in [4.78, 5) is 23.3. The Labute approximate surface area is 146 Å². The van der Waals surface area contributed by atoms with Gasteiger partial charge in [-0.05, 0) is 52.2 Å². The van der Waals surface area contributed by atoms with Gasteiger partial charge in [0.25, 0.3) is 0 Å². The van der Waals surface area contributed by atoms with Crippen LogP contribution in [-0.2, 0) is 4.74 Å². The number of thiazole rings is 1. The molecule has 1 aliphatic rings. The molecule has 128 valence electrons. The van der Waals surface area contributed by atoms with Crippen LogP contribution in [0.4, 0.5) is 4.79 Å². The highest BCUT2D eigenvalue weighted by Gasteiger charge is 2.33. The molecule has 0 spiro atoms. The monoisotopic (exact) mass is 345 g/mol. The summed E-state index contributed by atoms with van der Waals surface area (Å²) < 4.78 is 5.57. The lowest BCUT2D eigenvalue weighted by atomic mass is 10.0. The Balaban J connectivity index is 1.81. The summed E-state index contributed by atoms with van der Waals surface area (Å²) in [5.74, 6) is 0. The number of rotatable bonds is 2. The molecule has 1 unspecified atom stereocenters. The Bertz CT molecular complexity index is 694. The van der Waals surface area contributed by atoms with E-state index in [1.165, 1.54) is 0 Å².